The Kier molecular flexibility index (Phi) is 4.98. The second-order valence-electron chi connectivity index (χ2n) is 6.83. The lowest BCUT2D eigenvalue weighted by Gasteiger charge is -2.28. The molecule has 3 heterocycles. The van der Waals surface area contributed by atoms with Gasteiger partial charge in [0.2, 0.25) is 5.91 Å². The predicted octanol–water partition coefficient (Wildman–Crippen LogP) is -0.480. The Bertz CT molecular complexity index is 1020. The molecule has 0 bridgehead atoms. The Morgan fingerprint density at radius 2 is 2.14 bits per heavy atom. The van der Waals surface area contributed by atoms with Crippen molar-refractivity contribution in [2.24, 2.45) is 0 Å². The zero-order valence-corrected chi connectivity index (χ0v) is 15.4. The number of nitrogens with zero attached hydrogens (tertiary/aromatic N) is 6. The molecule has 11 heteroatoms. The Hall–Kier alpha value is -3.34. The van der Waals surface area contributed by atoms with Gasteiger partial charge in [0.05, 0.1) is 12.6 Å². The van der Waals surface area contributed by atoms with Crippen LogP contribution in [0.1, 0.15) is 35.7 Å². The van der Waals surface area contributed by atoms with Crippen LogP contribution in [0.15, 0.2) is 29.1 Å². The molecule has 1 aliphatic heterocycles. The topological polar surface area (TPSA) is 137 Å². The molecule has 146 valence electrons. The van der Waals surface area contributed by atoms with E-state index in [0.717, 1.165) is 19.5 Å². The molecule has 1 aliphatic rings. The molecule has 0 spiro atoms. The summed E-state index contributed by atoms with van der Waals surface area (Å²) in [4.78, 5) is 28.3. The smallest absolute Gasteiger partial charge is 0.340 e. The van der Waals surface area contributed by atoms with Gasteiger partial charge in [-0.2, -0.15) is 5.10 Å². The molecular formula is C17H21N9O2. The van der Waals surface area contributed by atoms with Crippen molar-refractivity contribution in [2.45, 2.75) is 39.0 Å². The number of tetrazole rings is 1. The van der Waals surface area contributed by atoms with Crippen LogP contribution in [0, 0.1) is 0 Å². The van der Waals surface area contributed by atoms with Crippen molar-refractivity contribution in [2.75, 3.05) is 6.54 Å². The summed E-state index contributed by atoms with van der Waals surface area (Å²) in [6.07, 6.45) is 0.984. The number of hydrogen-bond donors (Lipinski definition) is 3. The van der Waals surface area contributed by atoms with Crippen LogP contribution >= 0.6 is 0 Å². The SMILES string of the molecule is CC(NC(=O)Cn1nnnc1CN1CCc2ccccc2C1)c1n[nH]c(=O)[nH]1. The average molecular weight is 383 g/mol. The zero-order chi connectivity index (χ0) is 19.5. The van der Waals surface area contributed by atoms with Crippen LogP contribution in [0.3, 0.4) is 0 Å². The number of carbonyl (C=O) groups is 1. The van der Waals surface area contributed by atoms with E-state index in [4.69, 9.17) is 0 Å². The molecule has 3 aromatic rings. The molecule has 1 atom stereocenters. The maximum Gasteiger partial charge on any atom is 0.340 e. The molecule has 1 amide bonds. The van der Waals surface area contributed by atoms with Gasteiger partial charge in [-0.1, -0.05) is 24.3 Å². The van der Waals surface area contributed by atoms with Crippen molar-refractivity contribution < 1.29 is 4.79 Å². The highest BCUT2D eigenvalue weighted by Crippen LogP contribution is 2.19. The Morgan fingerprint density at radius 1 is 1.32 bits per heavy atom. The summed E-state index contributed by atoms with van der Waals surface area (Å²) in [6.45, 7) is 4.04. The standard InChI is InChI=1S/C17H21N9O2/c1-11(16-19-17(28)22-21-16)18-15(27)10-26-14(20-23-24-26)9-25-7-6-12-4-2-3-5-13(12)8-25/h2-5,11H,6-10H2,1H3,(H,18,27)(H2,19,21,22,28). The molecule has 11 nitrogen and oxygen atoms in total. The van der Waals surface area contributed by atoms with Crippen LogP contribution in [-0.2, 0) is 30.8 Å². The third-order valence-corrected chi connectivity index (χ3v) is 4.78. The van der Waals surface area contributed by atoms with Gasteiger partial charge in [0.25, 0.3) is 0 Å². The van der Waals surface area contributed by atoms with Gasteiger partial charge < -0.3 is 5.32 Å². The van der Waals surface area contributed by atoms with Crippen LogP contribution in [0.5, 0.6) is 0 Å². The maximum absolute atomic E-state index is 12.3. The van der Waals surface area contributed by atoms with E-state index >= 15 is 0 Å². The largest absolute Gasteiger partial charge is 0.345 e. The number of hydrogen-bond acceptors (Lipinski definition) is 7. The van der Waals surface area contributed by atoms with Crippen molar-refractivity contribution in [3.05, 3.63) is 57.5 Å². The number of rotatable bonds is 6. The van der Waals surface area contributed by atoms with E-state index in [0.29, 0.717) is 18.2 Å². The second-order valence-corrected chi connectivity index (χ2v) is 6.83. The molecule has 2 aromatic heterocycles. The van der Waals surface area contributed by atoms with Gasteiger partial charge in [0, 0.05) is 13.1 Å². The van der Waals surface area contributed by atoms with Crippen LogP contribution in [-0.4, -0.2) is 52.7 Å². The molecule has 3 N–H and O–H groups in total. The average Bonchev–Trinajstić information content (AvgIpc) is 3.31. The van der Waals surface area contributed by atoms with Gasteiger partial charge >= 0.3 is 5.69 Å². The summed E-state index contributed by atoms with van der Waals surface area (Å²) < 4.78 is 1.50. The fourth-order valence-electron chi connectivity index (χ4n) is 3.33. The predicted molar refractivity (Wildman–Crippen MR) is 97.8 cm³/mol. The van der Waals surface area contributed by atoms with Crippen molar-refractivity contribution in [3.8, 4) is 0 Å². The molecule has 0 fully saturated rings. The highest BCUT2D eigenvalue weighted by atomic mass is 16.2. The lowest BCUT2D eigenvalue weighted by molar-refractivity contribution is -0.122. The minimum Gasteiger partial charge on any atom is -0.345 e. The van der Waals surface area contributed by atoms with Gasteiger partial charge in [-0.05, 0) is 34.9 Å². The fourth-order valence-corrected chi connectivity index (χ4v) is 3.33. The van der Waals surface area contributed by atoms with E-state index in [9.17, 15) is 9.59 Å². The normalized spacial score (nSPS) is 15.2. The monoisotopic (exact) mass is 383 g/mol. The number of carbonyl (C=O) groups excluding carboxylic acids is 1. The van der Waals surface area contributed by atoms with Gasteiger partial charge in [0.15, 0.2) is 11.6 Å². The summed E-state index contributed by atoms with van der Waals surface area (Å²) in [5.41, 5.74) is 2.28. The van der Waals surface area contributed by atoms with Crippen molar-refractivity contribution in [1.29, 1.82) is 0 Å². The second kappa shape index (κ2) is 7.72. The van der Waals surface area contributed by atoms with E-state index in [1.807, 2.05) is 6.07 Å². The first-order valence-electron chi connectivity index (χ1n) is 9.06. The number of fused-ring (bicyclic) bond motifs is 1. The van der Waals surface area contributed by atoms with Gasteiger partial charge in [-0.25, -0.2) is 14.6 Å². The summed E-state index contributed by atoms with van der Waals surface area (Å²) >= 11 is 0. The molecule has 1 aromatic carbocycles. The third kappa shape index (κ3) is 3.98. The maximum atomic E-state index is 12.3. The minimum atomic E-state index is -0.440. The first-order valence-corrected chi connectivity index (χ1v) is 9.06. The quantitative estimate of drug-likeness (QED) is 0.523. The number of amides is 1. The molecule has 0 saturated carbocycles. The molecule has 4 rings (SSSR count). The lowest BCUT2D eigenvalue weighted by Crippen LogP contribution is -2.34. The number of H-pyrrole nitrogens is 2. The Morgan fingerprint density at radius 3 is 2.93 bits per heavy atom. The molecule has 28 heavy (non-hydrogen) atoms. The summed E-state index contributed by atoms with van der Waals surface area (Å²) in [7, 11) is 0. The number of aromatic amines is 2. The summed E-state index contributed by atoms with van der Waals surface area (Å²) in [5.74, 6) is 0.728. The van der Waals surface area contributed by atoms with E-state index < -0.39 is 11.7 Å². The molecule has 0 saturated heterocycles. The highest BCUT2D eigenvalue weighted by molar-refractivity contribution is 5.76. The first kappa shape index (κ1) is 18.0. The third-order valence-electron chi connectivity index (χ3n) is 4.78. The Balaban J connectivity index is 1.36. The summed E-state index contributed by atoms with van der Waals surface area (Å²) in [5, 5.41) is 20.6. The Labute approximate surface area is 160 Å². The molecule has 0 radical (unpaired) electrons. The molecular weight excluding hydrogens is 362 g/mol. The first-order chi connectivity index (χ1) is 13.6. The number of benzene rings is 1. The molecule has 0 aliphatic carbocycles. The number of aromatic nitrogens is 7. The lowest BCUT2D eigenvalue weighted by atomic mass is 10.00. The van der Waals surface area contributed by atoms with E-state index in [1.165, 1.54) is 15.8 Å². The van der Waals surface area contributed by atoms with Gasteiger partial charge in [-0.15, -0.1) is 5.10 Å². The van der Waals surface area contributed by atoms with Crippen LogP contribution < -0.4 is 11.0 Å². The van der Waals surface area contributed by atoms with Crippen LogP contribution in [0.25, 0.3) is 0 Å². The van der Waals surface area contributed by atoms with E-state index in [2.05, 4.69) is 59.1 Å². The van der Waals surface area contributed by atoms with Crippen LogP contribution in [0.2, 0.25) is 0 Å². The summed E-state index contributed by atoms with van der Waals surface area (Å²) in [6, 6.07) is 7.97. The fraction of sp³-hybridized carbons (Fsp3) is 0.412. The van der Waals surface area contributed by atoms with E-state index in [-0.39, 0.29) is 12.5 Å². The van der Waals surface area contributed by atoms with Crippen molar-refractivity contribution in [1.82, 2.24) is 45.6 Å². The molecule has 1 unspecified atom stereocenters. The van der Waals surface area contributed by atoms with Crippen molar-refractivity contribution >= 4 is 5.91 Å². The number of nitrogens with one attached hydrogen (secondary N) is 3. The minimum absolute atomic E-state index is 0.00818. The highest BCUT2D eigenvalue weighted by Gasteiger charge is 2.20. The van der Waals surface area contributed by atoms with Crippen molar-refractivity contribution in [3.63, 3.8) is 0 Å². The van der Waals surface area contributed by atoms with E-state index in [1.54, 1.807) is 6.92 Å². The van der Waals surface area contributed by atoms with Gasteiger partial charge in [0.1, 0.15) is 6.54 Å². The van der Waals surface area contributed by atoms with Gasteiger partial charge in [-0.3, -0.25) is 14.7 Å². The zero-order valence-electron chi connectivity index (χ0n) is 15.4. The van der Waals surface area contributed by atoms with Crippen LogP contribution in [0.4, 0.5) is 0 Å².